The van der Waals surface area contributed by atoms with E-state index in [1.807, 2.05) is 18.2 Å². The van der Waals surface area contributed by atoms with E-state index in [0.717, 1.165) is 24.4 Å². The molecule has 0 radical (unpaired) electrons. The Hall–Kier alpha value is -3.11. The van der Waals surface area contributed by atoms with Gasteiger partial charge in [-0.25, -0.2) is 4.39 Å². The first-order chi connectivity index (χ1) is 16.1. The van der Waals surface area contributed by atoms with Gasteiger partial charge in [-0.05, 0) is 74.8 Å². The highest BCUT2D eigenvalue weighted by Crippen LogP contribution is 2.26. The molecule has 33 heavy (non-hydrogen) atoms. The Bertz CT molecular complexity index is 975. The fraction of sp³-hybridized carbons (Fsp3) is 0.462. The summed E-state index contributed by atoms with van der Waals surface area (Å²) in [6.45, 7) is 6.46. The van der Waals surface area contributed by atoms with E-state index in [2.05, 4.69) is 15.9 Å². The van der Waals surface area contributed by atoms with Crippen molar-refractivity contribution < 1.29 is 13.9 Å². The van der Waals surface area contributed by atoms with E-state index in [-0.39, 0.29) is 11.7 Å². The number of benzene rings is 2. The lowest BCUT2D eigenvalue weighted by Crippen LogP contribution is -2.49. The van der Waals surface area contributed by atoms with Gasteiger partial charge >= 0.3 is 0 Å². The molecule has 0 bridgehead atoms. The largest absolute Gasteiger partial charge is 0.493 e. The van der Waals surface area contributed by atoms with Gasteiger partial charge in [-0.15, -0.1) is 0 Å². The number of piperidine rings is 1. The van der Waals surface area contributed by atoms with Crippen molar-refractivity contribution in [2.24, 2.45) is 0 Å². The second kappa shape index (κ2) is 11.2. The van der Waals surface area contributed by atoms with Gasteiger partial charge in [0.05, 0.1) is 17.9 Å². The summed E-state index contributed by atoms with van der Waals surface area (Å²) < 4.78 is 19.0. The number of hydrogen-bond acceptors (Lipinski definition) is 5. The van der Waals surface area contributed by atoms with Gasteiger partial charge in [-0.1, -0.05) is 6.42 Å². The van der Waals surface area contributed by atoms with Gasteiger partial charge in [0.25, 0.3) is 5.91 Å². The molecular formula is C26H31FN4O2. The Labute approximate surface area is 195 Å². The minimum Gasteiger partial charge on any atom is -0.493 e. The van der Waals surface area contributed by atoms with Gasteiger partial charge in [0.1, 0.15) is 17.6 Å². The van der Waals surface area contributed by atoms with Crippen LogP contribution in [0.2, 0.25) is 0 Å². The van der Waals surface area contributed by atoms with Crippen LogP contribution in [0.3, 0.4) is 0 Å². The molecule has 2 aromatic rings. The van der Waals surface area contributed by atoms with Gasteiger partial charge in [-0.2, -0.15) is 5.26 Å². The lowest BCUT2D eigenvalue weighted by Gasteiger charge is -2.36. The van der Waals surface area contributed by atoms with E-state index in [1.165, 1.54) is 56.6 Å². The van der Waals surface area contributed by atoms with Gasteiger partial charge < -0.3 is 19.4 Å². The Morgan fingerprint density at radius 2 is 1.70 bits per heavy atom. The number of ether oxygens (including phenoxy) is 1. The molecule has 174 valence electrons. The normalized spacial score (nSPS) is 17.0. The smallest absolute Gasteiger partial charge is 0.253 e. The molecule has 2 aliphatic heterocycles. The summed E-state index contributed by atoms with van der Waals surface area (Å²) in [6, 6.07) is 13.6. The maximum Gasteiger partial charge on any atom is 0.253 e. The molecule has 0 spiro atoms. The molecule has 7 heteroatoms. The Kier molecular flexibility index (Phi) is 7.79. The van der Waals surface area contributed by atoms with Crippen molar-refractivity contribution in [3.05, 3.63) is 59.4 Å². The lowest BCUT2D eigenvalue weighted by atomic mass is 10.1. The molecule has 2 fully saturated rings. The molecular weight excluding hydrogens is 419 g/mol. The average molecular weight is 451 g/mol. The standard InChI is InChI=1S/C26H31FN4O2/c27-23-7-5-21(6-8-23)26(32)31-16-14-30(15-17-31)25-10-9-24(19-22(25)20-28)33-18-4-13-29-11-2-1-3-12-29/h5-10,19H,1-4,11-18H2. The predicted octanol–water partition coefficient (Wildman–Crippen LogP) is 3.91. The number of rotatable bonds is 7. The van der Waals surface area contributed by atoms with Gasteiger partial charge in [0.2, 0.25) is 0 Å². The number of nitrogens with zero attached hydrogens (tertiary/aromatic N) is 4. The Balaban J connectivity index is 1.28. The van der Waals surface area contributed by atoms with Crippen LogP contribution >= 0.6 is 0 Å². The highest BCUT2D eigenvalue weighted by Gasteiger charge is 2.24. The molecule has 1 amide bonds. The number of halogens is 1. The minimum atomic E-state index is -0.352. The van der Waals surface area contributed by atoms with E-state index < -0.39 is 0 Å². The number of hydrogen-bond donors (Lipinski definition) is 0. The zero-order valence-corrected chi connectivity index (χ0v) is 19.0. The Morgan fingerprint density at radius 1 is 0.970 bits per heavy atom. The van der Waals surface area contributed by atoms with Gasteiger partial charge in [0, 0.05) is 38.3 Å². The van der Waals surface area contributed by atoms with Crippen molar-refractivity contribution in [3.8, 4) is 11.8 Å². The zero-order chi connectivity index (χ0) is 23.0. The van der Waals surface area contributed by atoms with Crippen LogP contribution in [-0.2, 0) is 0 Å². The zero-order valence-electron chi connectivity index (χ0n) is 19.0. The number of piperazine rings is 1. The molecule has 2 saturated heterocycles. The topological polar surface area (TPSA) is 59.8 Å². The van der Waals surface area contributed by atoms with Crippen molar-refractivity contribution in [2.45, 2.75) is 25.7 Å². The molecule has 2 heterocycles. The third-order valence-electron chi connectivity index (χ3n) is 6.42. The maximum absolute atomic E-state index is 13.1. The van der Waals surface area contributed by atoms with Crippen LogP contribution < -0.4 is 9.64 Å². The highest BCUT2D eigenvalue weighted by molar-refractivity contribution is 5.94. The first-order valence-electron chi connectivity index (χ1n) is 11.8. The molecule has 0 saturated carbocycles. The molecule has 0 aliphatic carbocycles. The van der Waals surface area contributed by atoms with Crippen LogP contribution in [0, 0.1) is 17.1 Å². The van der Waals surface area contributed by atoms with Crippen LogP contribution in [0.25, 0.3) is 0 Å². The molecule has 0 atom stereocenters. The number of amides is 1. The van der Waals surface area contributed by atoms with Crippen molar-refractivity contribution >= 4 is 11.6 Å². The lowest BCUT2D eigenvalue weighted by molar-refractivity contribution is 0.0746. The monoisotopic (exact) mass is 450 g/mol. The summed E-state index contributed by atoms with van der Waals surface area (Å²) in [5, 5.41) is 9.69. The third kappa shape index (κ3) is 6.02. The summed E-state index contributed by atoms with van der Waals surface area (Å²) in [5.74, 6) is 0.275. The number of likely N-dealkylation sites (tertiary alicyclic amines) is 1. The summed E-state index contributed by atoms with van der Waals surface area (Å²) in [7, 11) is 0. The highest BCUT2D eigenvalue weighted by atomic mass is 19.1. The van der Waals surface area contributed by atoms with Crippen molar-refractivity contribution in [3.63, 3.8) is 0 Å². The van der Waals surface area contributed by atoms with E-state index in [0.29, 0.717) is 43.9 Å². The van der Waals surface area contributed by atoms with Crippen molar-refractivity contribution in [1.29, 1.82) is 5.26 Å². The summed E-state index contributed by atoms with van der Waals surface area (Å²) >= 11 is 0. The summed E-state index contributed by atoms with van der Waals surface area (Å²) in [6.07, 6.45) is 4.91. The number of anilines is 1. The fourth-order valence-electron chi connectivity index (χ4n) is 4.56. The maximum atomic E-state index is 13.1. The first kappa shape index (κ1) is 23.1. The van der Waals surface area contributed by atoms with Crippen LogP contribution in [0.4, 0.5) is 10.1 Å². The predicted molar refractivity (Wildman–Crippen MR) is 126 cm³/mol. The van der Waals surface area contributed by atoms with E-state index in [4.69, 9.17) is 4.74 Å². The van der Waals surface area contributed by atoms with E-state index in [1.54, 1.807) is 4.90 Å². The van der Waals surface area contributed by atoms with Gasteiger partial charge in [-0.3, -0.25) is 4.79 Å². The number of nitriles is 1. The third-order valence-corrected chi connectivity index (χ3v) is 6.42. The minimum absolute atomic E-state index is 0.0940. The average Bonchev–Trinajstić information content (AvgIpc) is 2.87. The molecule has 0 N–H and O–H groups in total. The summed E-state index contributed by atoms with van der Waals surface area (Å²) in [4.78, 5) is 19.1. The van der Waals surface area contributed by atoms with Crippen LogP contribution in [0.1, 0.15) is 41.6 Å². The van der Waals surface area contributed by atoms with Crippen LogP contribution in [-0.4, -0.2) is 68.1 Å². The molecule has 2 aromatic carbocycles. The SMILES string of the molecule is N#Cc1cc(OCCCN2CCCCC2)ccc1N1CCN(C(=O)c2ccc(F)cc2)CC1. The van der Waals surface area contributed by atoms with Crippen LogP contribution in [0.5, 0.6) is 5.75 Å². The van der Waals surface area contributed by atoms with Crippen LogP contribution in [0.15, 0.2) is 42.5 Å². The first-order valence-corrected chi connectivity index (χ1v) is 11.8. The fourth-order valence-corrected chi connectivity index (χ4v) is 4.56. The van der Waals surface area contributed by atoms with E-state index >= 15 is 0 Å². The molecule has 4 rings (SSSR count). The molecule has 0 unspecified atom stereocenters. The summed E-state index contributed by atoms with van der Waals surface area (Å²) in [5.41, 5.74) is 1.94. The van der Waals surface area contributed by atoms with Crippen molar-refractivity contribution in [1.82, 2.24) is 9.80 Å². The second-order valence-corrected chi connectivity index (χ2v) is 8.68. The Morgan fingerprint density at radius 3 is 2.39 bits per heavy atom. The van der Waals surface area contributed by atoms with E-state index in [9.17, 15) is 14.4 Å². The molecule has 0 aromatic heterocycles. The second-order valence-electron chi connectivity index (χ2n) is 8.68. The number of carbonyl (C=O) groups is 1. The number of carbonyl (C=O) groups excluding carboxylic acids is 1. The van der Waals surface area contributed by atoms with Crippen molar-refractivity contribution in [2.75, 3.05) is 57.3 Å². The van der Waals surface area contributed by atoms with Gasteiger partial charge in [0.15, 0.2) is 0 Å². The quantitative estimate of drug-likeness (QED) is 0.599. The molecule has 2 aliphatic rings. The molecule has 6 nitrogen and oxygen atoms in total.